The van der Waals surface area contributed by atoms with Gasteiger partial charge in [0.1, 0.15) is 17.2 Å². The first-order valence-corrected chi connectivity index (χ1v) is 5.21. The van der Waals surface area contributed by atoms with Crippen LogP contribution < -0.4 is 5.32 Å². The smallest absolute Gasteiger partial charge is 0.134 e. The van der Waals surface area contributed by atoms with E-state index >= 15 is 0 Å². The summed E-state index contributed by atoms with van der Waals surface area (Å²) in [6, 6.07) is 6.48. The highest BCUT2D eigenvalue weighted by Crippen LogP contribution is 2.26. The first-order chi connectivity index (χ1) is 7.74. The lowest BCUT2D eigenvalue weighted by atomic mass is 10.1. The highest BCUT2D eigenvalue weighted by atomic mass is 19.1. The number of hydrogen-bond acceptors (Lipinski definition) is 2. The summed E-state index contributed by atoms with van der Waals surface area (Å²) in [5.74, 6) is 0.563. The highest BCUT2D eigenvalue weighted by molar-refractivity contribution is 5.78. The zero-order valence-corrected chi connectivity index (χ0v) is 9.16. The van der Waals surface area contributed by atoms with Crippen LogP contribution in [0.5, 0.6) is 0 Å². The van der Waals surface area contributed by atoms with Crippen molar-refractivity contribution in [2.45, 2.75) is 12.5 Å². The van der Waals surface area contributed by atoms with Crippen LogP contribution in [0.1, 0.15) is 18.2 Å². The molecule has 1 aromatic carbocycles. The van der Waals surface area contributed by atoms with Gasteiger partial charge in [0.2, 0.25) is 0 Å². The Morgan fingerprint density at radius 3 is 3.00 bits per heavy atom. The van der Waals surface area contributed by atoms with Crippen LogP contribution in [0.3, 0.4) is 0 Å². The molecule has 0 spiro atoms. The van der Waals surface area contributed by atoms with Gasteiger partial charge in [0.15, 0.2) is 0 Å². The van der Waals surface area contributed by atoms with Crippen LogP contribution in [-0.2, 0) is 0 Å². The predicted octanol–water partition coefficient (Wildman–Crippen LogP) is 3.41. The lowest BCUT2D eigenvalue weighted by Gasteiger charge is -2.09. The fraction of sp³-hybridized carbons (Fsp3) is 0.231. The minimum absolute atomic E-state index is 0.0907. The van der Waals surface area contributed by atoms with Gasteiger partial charge >= 0.3 is 0 Å². The molecule has 16 heavy (non-hydrogen) atoms. The van der Waals surface area contributed by atoms with E-state index in [1.54, 1.807) is 6.07 Å². The summed E-state index contributed by atoms with van der Waals surface area (Å²) >= 11 is 0. The SMILES string of the molecule is C=CCC(NC)c1cc2cc(F)ccc2o1. The summed E-state index contributed by atoms with van der Waals surface area (Å²) in [6.45, 7) is 3.70. The number of fused-ring (bicyclic) bond motifs is 1. The van der Waals surface area contributed by atoms with Gasteiger partial charge in [0.25, 0.3) is 0 Å². The van der Waals surface area contributed by atoms with Crippen molar-refractivity contribution in [2.75, 3.05) is 7.05 Å². The van der Waals surface area contributed by atoms with E-state index in [1.165, 1.54) is 12.1 Å². The van der Waals surface area contributed by atoms with Gasteiger partial charge in [-0.15, -0.1) is 6.58 Å². The quantitative estimate of drug-likeness (QED) is 0.797. The van der Waals surface area contributed by atoms with Gasteiger partial charge in [-0.1, -0.05) is 6.08 Å². The summed E-state index contributed by atoms with van der Waals surface area (Å²) in [4.78, 5) is 0. The van der Waals surface area contributed by atoms with Crippen molar-refractivity contribution in [3.05, 3.63) is 48.5 Å². The first kappa shape index (κ1) is 10.9. The molecule has 0 saturated carbocycles. The molecule has 0 aliphatic rings. The predicted molar refractivity (Wildman–Crippen MR) is 62.8 cm³/mol. The second kappa shape index (κ2) is 4.49. The third-order valence-corrected chi connectivity index (χ3v) is 2.59. The van der Waals surface area contributed by atoms with Crippen molar-refractivity contribution in [3.63, 3.8) is 0 Å². The Morgan fingerprint density at radius 1 is 1.50 bits per heavy atom. The Hall–Kier alpha value is -1.61. The number of rotatable bonds is 4. The monoisotopic (exact) mass is 219 g/mol. The Balaban J connectivity index is 2.41. The minimum Gasteiger partial charge on any atom is -0.459 e. The molecule has 0 saturated heterocycles. The van der Waals surface area contributed by atoms with Gasteiger partial charge in [-0.2, -0.15) is 0 Å². The number of nitrogens with one attached hydrogen (secondary N) is 1. The fourth-order valence-electron chi connectivity index (χ4n) is 1.75. The van der Waals surface area contributed by atoms with E-state index in [4.69, 9.17) is 4.42 Å². The Labute approximate surface area is 93.8 Å². The molecule has 1 unspecified atom stereocenters. The molecule has 1 aromatic heterocycles. The summed E-state index contributed by atoms with van der Waals surface area (Å²) in [5, 5.41) is 3.93. The number of hydrogen-bond donors (Lipinski definition) is 1. The molecule has 0 aliphatic heterocycles. The molecule has 0 radical (unpaired) electrons. The number of benzene rings is 1. The third kappa shape index (κ3) is 1.99. The van der Waals surface area contributed by atoms with E-state index in [9.17, 15) is 4.39 Å². The average molecular weight is 219 g/mol. The van der Waals surface area contributed by atoms with E-state index in [0.717, 1.165) is 17.6 Å². The van der Waals surface area contributed by atoms with Crippen molar-refractivity contribution in [1.82, 2.24) is 5.32 Å². The number of furan rings is 1. The molecule has 3 heteroatoms. The molecule has 1 heterocycles. The Bertz CT molecular complexity index is 504. The summed E-state index contributed by atoms with van der Waals surface area (Å²) in [6.07, 6.45) is 2.60. The molecular weight excluding hydrogens is 205 g/mol. The van der Waals surface area contributed by atoms with E-state index < -0.39 is 0 Å². The van der Waals surface area contributed by atoms with Crippen molar-refractivity contribution in [2.24, 2.45) is 0 Å². The van der Waals surface area contributed by atoms with Crippen molar-refractivity contribution in [3.8, 4) is 0 Å². The maximum absolute atomic E-state index is 13.0. The second-order valence-corrected chi connectivity index (χ2v) is 3.70. The van der Waals surface area contributed by atoms with Crippen molar-refractivity contribution >= 4 is 11.0 Å². The normalized spacial score (nSPS) is 12.9. The molecule has 0 fully saturated rings. The van der Waals surface area contributed by atoms with Crippen LogP contribution >= 0.6 is 0 Å². The van der Waals surface area contributed by atoms with Gasteiger partial charge < -0.3 is 9.73 Å². The van der Waals surface area contributed by atoms with Crippen LogP contribution in [0, 0.1) is 5.82 Å². The van der Waals surface area contributed by atoms with Crippen molar-refractivity contribution in [1.29, 1.82) is 0 Å². The van der Waals surface area contributed by atoms with Crippen LogP contribution in [0.25, 0.3) is 11.0 Å². The summed E-state index contributed by atoms with van der Waals surface area (Å²) in [7, 11) is 1.86. The van der Waals surface area contributed by atoms with E-state index in [0.29, 0.717) is 5.58 Å². The molecular formula is C13H14FNO. The van der Waals surface area contributed by atoms with E-state index in [1.807, 2.05) is 19.2 Å². The zero-order valence-electron chi connectivity index (χ0n) is 9.16. The first-order valence-electron chi connectivity index (χ1n) is 5.21. The topological polar surface area (TPSA) is 25.2 Å². The third-order valence-electron chi connectivity index (χ3n) is 2.59. The van der Waals surface area contributed by atoms with Crippen LogP contribution in [0.4, 0.5) is 4.39 Å². The lowest BCUT2D eigenvalue weighted by molar-refractivity contribution is 0.455. The van der Waals surface area contributed by atoms with Gasteiger partial charge in [-0.25, -0.2) is 4.39 Å². The molecule has 0 amide bonds. The van der Waals surface area contributed by atoms with Crippen molar-refractivity contribution < 1.29 is 8.81 Å². The number of halogens is 1. The van der Waals surface area contributed by atoms with Gasteiger partial charge in [-0.3, -0.25) is 0 Å². The highest BCUT2D eigenvalue weighted by Gasteiger charge is 2.13. The molecule has 1 N–H and O–H groups in total. The molecule has 2 nitrogen and oxygen atoms in total. The maximum atomic E-state index is 13.0. The average Bonchev–Trinajstić information content (AvgIpc) is 2.68. The summed E-state index contributed by atoms with van der Waals surface area (Å²) < 4.78 is 18.7. The largest absolute Gasteiger partial charge is 0.459 e. The van der Waals surface area contributed by atoms with Crippen LogP contribution in [0.15, 0.2) is 41.3 Å². The molecule has 2 rings (SSSR count). The molecule has 2 aromatic rings. The van der Waals surface area contributed by atoms with Gasteiger partial charge in [0, 0.05) is 5.39 Å². The molecule has 0 bridgehead atoms. The molecule has 1 atom stereocenters. The fourth-order valence-corrected chi connectivity index (χ4v) is 1.75. The molecule has 84 valence electrons. The van der Waals surface area contributed by atoms with E-state index in [-0.39, 0.29) is 11.9 Å². The van der Waals surface area contributed by atoms with E-state index in [2.05, 4.69) is 11.9 Å². The van der Waals surface area contributed by atoms with Gasteiger partial charge in [-0.05, 0) is 37.7 Å². The van der Waals surface area contributed by atoms with Crippen LogP contribution in [0.2, 0.25) is 0 Å². The second-order valence-electron chi connectivity index (χ2n) is 3.70. The maximum Gasteiger partial charge on any atom is 0.134 e. The minimum atomic E-state index is -0.246. The Morgan fingerprint density at radius 2 is 2.31 bits per heavy atom. The summed E-state index contributed by atoms with van der Waals surface area (Å²) in [5.41, 5.74) is 0.709. The van der Waals surface area contributed by atoms with Gasteiger partial charge in [0.05, 0.1) is 6.04 Å². The zero-order chi connectivity index (χ0) is 11.5. The molecule has 0 aliphatic carbocycles. The Kier molecular flexibility index (Phi) is 3.06. The standard InChI is InChI=1S/C13H14FNO/c1-3-4-11(15-2)13-8-9-7-10(14)5-6-12(9)16-13/h3,5-8,11,15H,1,4H2,2H3. The lowest BCUT2D eigenvalue weighted by Crippen LogP contribution is -2.14. The van der Waals surface area contributed by atoms with Crippen LogP contribution in [-0.4, -0.2) is 7.05 Å².